The van der Waals surface area contributed by atoms with E-state index in [2.05, 4.69) is 0 Å². The molecule has 0 aliphatic heterocycles. The van der Waals surface area contributed by atoms with Gasteiger partial charge in [-0.1, -0.05) is 0 Å². The Hall–Kier alpha value is -0.240. The second kappa shape index (κ2) is 2.91. The standard InChI is InChI=1S/C9H13ClO2/c1-5(11)12-9-6-2-3-7(9)8(10)4-6/h6-9H,2-4H2,1H3/t6-,7-,8+,9+/m0/s1. The highest BCUT2D eigenvalue weighted by Crippen LogP contribution is 2.48. The van der Waals surface area contributed by atoms with Gasteiger partial charge in [0.1, 0.15) is 6.10 Å². The van der Waals surface area contributed by atoms with Gasteiger partial charge < -0.3 is 4.74 Å². The molecule has 0 radical (unpaired) electrons. The Morgan fingerprint density at radius 1 is 1.50 bits per heavy atom. The fourth-order valence-electron chi connectivity index (χ4n) is 2.56. The summed E-state index contributed by atoms with van der Waals surface area (Å²) in [6.45, 7) is 1.47. The Balaban J connectivity index is 2.03. The molecule has 0 N–H and O–H groups in total. The van der Waals surface area contributed by atoms with E-state index in [1.54, 1.807) is 0 Å². The normalized spacial score (nSPS) is 44.8. The summed E-state index contributed by atoms with van der Waals surface area (Å²) in [5.74, 6) is 0.810. The van der Waals surface area contributed by atoms with Crippen LogP contribution in [0.15, 0.2) is 0 Å². The van der Waals surface area contributed by atoms with Gasteiger partial charge in [0.2, 0.25) is 0 Å². The van der Waals surface area contributed by atoms with Crippen molar-refractivity contribution in [3.05, 3.63) is 0 Å². The lowest BCUT2D eigenvalue weighted by molar-refractivity contribution is -0.148. The molecular weight excluding hydrogens is 176 g/mol. The summed E-state index contributed by atoms with van der Waals surface area (Å²) in [7, 11) is 0. The molecule has 0 aromatic carbocycles. The van der Waals surface area contributed by atoms with Crippen molar-refractivity contribution in [2.75, 3.05) is 0 Å². The molecule has 68 valence electrons. The Morgan fingerprint density at radius 2 is 2.25 bits per heavy atom. The van der Waals surface area contributed by atoms with Gasteiger partial charge >= 0.3 is 5.97 Å². The zero-order valence-corrected chi connectivity index (χ0v) is 7.88. The topological polar surface area (TPSA) is 26.3 Å². The van der Waals surface area contributed by atoms with Crippen LogP contribution in [0.5, 0.6) is 0 Å². The maximum absolute atomic E-state index is 10.8. The van der Waals surface area contributed by atoms with E-state index in [-0.39, 0.29) is 17.5 Å². The number of hydrogen-bond donors (Lipinski definition) is 0. The molecule has 0 heterocycles. The number of ether oxygens (including phenoxy) is 1. The van der Waals surface area contributed by atoms with Gasteiger partial charge in [0, 0.05) is 18.2 Å². The van der Waals surface area contributed by atoms with Crippen molar-refractivity contribution in [1.29, 1.82) is 0 Å². The van der Waals surface area contributed by atoms with Gasteiger partial charge in [0.15, 0.2) is 0 Å². The highest BCUT2D eigenvalue weighted by molar-refractivity contribution is 6.21. The van der Waals surface area contributed by atoms with E-state index < -0.39 is 0 Å². The van der Waals surface area contributed by atoms with E-state index in [1.807, 2.05) is 0 Å². The fourth-order valence-corrected chi connectivity index (χ4v) is 3.06. The quantitative estimate of drug-likeness (QED) is 0.465. The molecule has 2 rings (SSSR count). The Labute approximate surface area is 77.2 Å². The van der Waals surface area contributed by atoms with Crippen LogP contribution in [0.25, 0.3) is 0 Å². The number of esters is 1. The number of alkyl halides is 1. The minimum Gasteiger partial charge on any atom is -0.462 e. The minimum atomic E-state index is -0.164. The lowest BCUT2D eigenvalue weighted by Crippen LogP contribution is -2.22. The zero-order valence-electron chi connectivity index (χ0n) is 7.13. The predicted molar refractivity (Wildman–Crippen MR) is 46.0 cm³/mol. The Bertz CT molecular complexity index is 205. The average Bonchev–Trinajstić information content (AvgIpc) is 2.44. The van der Waals surface area contributed by atoms with Gasteiger partial charge in [-0.3, -0.25) is 4.79 Å². The van der Waals surface area contributed by atoms with Crippen LogP contribution in [0, 0.1) is 11.8 Å². The first kappa shape index (κ1) is 8.36. The monoisotopic (exact) mass is 188 g/mol. The van der Waals surface area contributed by atoms with Crippen molar-refractivity contribution in [3.8, 4) is 0 Å². The summed E-state index contributed by atoms with van der Waals surface area (Å²) < 4.78 is 5.25. The van der Waals surface area contributed by atoms with E-state index in [0.29, 0.717) is 11.8 Å². The van der Waals surface area contributed by atoms with Crippen LogP contribution in [0.3, 0.4) is 0 Å². The smallest absolute Gasteiger partial charge is 0.302 e. The second-order valence-electron chi connectivity index (χ2n) is 3.83. The summed E-state index contributed by atoms with van der Waals surface area (Å²) >= 11 is 6.10. The van der Waals surface area contributed by atoms with Crippen LogP contribution >= 0.6 is 11.6 Å². The first-order valence-corrected chi connectivity index (χ1v) is 4.93. The molecule has 4 atom stereocenters. The fraction of sp³-hybridized carbons (Fsp3) is 0.889. The van der Waals surface area contributed by atoms with E-state index in [0.717, 1.165) is 12.8 Å². The van der Waals surface area contributed by atoms with Crippen LogP contribution in [0.2, 0.25) is 0 Å². The summed E-state index contributed by atoms with van der Waals surface area (Å²) in [4.78, 5) is 10.8. The molecule has 2 aliphatic rings. The van der Waals surface area contributed by atoms with Gasteiger partial charge in [-0.15, -0.1) is 11.6 Å². The SMILES string of the molecule is CC(=O)O[C@@H]1[C@H]2CC[C@H]1[C@H](Cl)C2. The molecule has 2 bridgehead atoms. The summed E-state index contributed by atoms with van der Waals surface area (Å²) in [6.07, 6.45) is 3.48. The van der Waals surface area contributed by atoms with Crippen molar-refractivity contribution in [3.63, 3.8) is 0 Å². The van der Waals surface area contributed by atoms with Crippen LogP contribution in [0.4, 0.5) is 0 Å². The third-order valence-corrected chi connectivity index (χ3v) is 3.55. The van der Waals surface area contributed by atoms with Crippen molar-refractivity contribution in [2.45, 2.75) is 37.7 Å². The largest absolute Gasteiger partial charge is 0.462 e. The second-order valence-corrected chi connectivity index (χ2v) is 4.39. The molecule has 0 amide bonds. The van der Waals surface area contributed by atoms with Gasteiger partial charge in [-0.05, 0) is 25.2 Å². The molecule has 0 spiro atoms. The number of fused-ring (bicyclic) bond motifs is 2. The van der Waals surface area contributed by atoms with Crippen molar-refractivity contribution in [1.82, 2.24) is 0 Å². The molecule has 2 nitrogen and oxygen atoms in total. The molecule has 12 heavy (non-hydrogen) atoms. The Kier molecular flexibility index (Phi) is 2.03. The lowest BCUT2D eigenvalue weighted by Gasteiger charge is -2.16. The lowest BCUT2D eigenvalue weighted by atomic mass is 10.0. The van der Waals surface area contributed by atoms with Crippen LogP contribution in [-0.2, 0) is 9.53 Å². The molecule has 0 saturated heterocycles. The molecule has 2 aliphatic carbocycles. The van der Waals surface area contributed by atoms with Crippen molar-refractivity contribution in [2.24, 2.45) is 11.8 Å². The zero-order chi connectivity index (χ0) is 8.72. The maximum atomic E-state index is 10.8. The van der Waals surface area contributed by atoms with Crippen LogP contribution in [0.1, 0.15) is 26.2 Å². The number of carbonyl (C=O) groups is 1. The summed E-state index contributed by atoms with van der Waals surface area (Å²) in [5.41, 5.74) is 0. The minimum absolute atomic E-state index is 0.130. The highest BCUT2D eigenvalue weighted by atomic mass is 35.5. The molecule has 2 saturated carbocycles. The highest BCUT2D eigenvalue weighted by Gasteiger charge is 2.49. The molecular formula is C9H13ClO2. The third kappa shape index (κ3) is 1.22. The predicted octanol–water partition coefficient (Wildman–Crippen LogP) is 1.96. The van der Waals surface area contributed by atoms with Crippen LogP contribution in [-0.4, -0.2) is 17.5 Å². The van der Waals surface area contributed by atoms with Gasteiger partial charge in [-0.2, -0.15) is 0 Å². The molecule has 2 fully saturated rings. The van der Waals surface area contributed by atoms with Gasteiger partial charge in [0.05, 0.1) is 0 Å². The molecule has 3 heteroatoms. The number of halogens is 1. The van der Waals surface area contributed by atoms with Crippen LogP contribution < -0.4 is 0 Å². The van der Waals surface area contributed by atoms with Crippen molar-refractivity contribution < 1.29 is 9.53 Å². The first-order chi connectivity index (χ1) is 5.68. The number of carbonyl (C=O) groups excluding carboxylic acids is 1. The van der Waals surface area contributed by atoms with E-state index in [9.17, 15) is 4.79 Å². The number of hydrogen-bond acceptors (Lipinski definition) is 2. The van der Waals surface area contributed by atoms with E-state index >= 15 is 0 Å². The van der Waals surface area contributed by atoms with Crippen molar-refractivity contribution >= 4 is 17.6 Å². The van der Waals surface area contributed by atoms with E-state index in [4.69, 9.17) is 16.3 Å². The molecule has 0 aromatic heterocycles. The number of rotatable bonds is 1. The Morgan fingerprint density at radius 3 is 2.67 bits per heavy atom. The van der Waals surface area contributed by atoms with E-state index in [1.165, 1.54) is 13.3 Å². The van der Waals surface area contributed by atoms with Gasteiger partial charge in [0.25, 0.3) is 0 Å². The average molecular weight is 189 g/mol. The van der Waals surface area contributed by atoms with Gasteiger partial charge in [-0.25, -0.2) is 0 Å². The first-order valence-electron chi connectivity index (χ1n) is 4.50. The summed E-state index contributed by atoms with van der Waals surface area (Å²) in [6, 6.07) is 0. The third-order valence-electron chi connectivity index (χ3n) is 3.05. The summed E-state index contributed by atoms with van der Waals surface area (Å²) in [5, 5.41) is 0.244. The maximum Gasteiger partial charge on any atom is 0.302 e. The molecule has 0 aromatic rings. The molecule has 0 unspecified atom stereocenters.